The Kier molecular flexibility index (Phi) is 8.11. The Balaban J connectivity index is 0.00000220. The van der Waals surface area contributed by atoms with Crippen LogP contribution < -0.4 is 15.4 Å². The normalized spacial score (nSPS) is 14.0. The molecule has 0 spiro atoms. The van der Waals surface area contributed by atoms with Gasteiger partial charge in [0.1, 0.15) is 0 Å². The standard InChI is InChI=1S/C15H22N4O.HI/c1-3-7-18-15(16-2)19-10-13-6-8-17-14(9-13)20-11-12-4-5-12;/h3,6,8-9,12H,1,4-5,7,10-11H2,2H3,(H2,16,18,19);1H. The Morgan fingerprint density at radius 3 is 3.00 bits per heavy atom. The molecule has 5 nitrogen and oxygen atoms in total. The molecule has 0 aromatic carbocycles. The molecule has 1 aliphatic rings. The van der Waals surface area contributed by atoms with E-state index in [1.165, 1.54) is 12.8 Å². The van der Waals surface area contributed by atoms with Crippen molar-refractivity contribution in [2.75, 3.05) is 20.2 Å². The highest BCUT2D eigenvalue weighted by Crippen LogP contribution is 2.29. The van der Waals surface area contributed by atoms with Gasteiger partial charge in [-0.1, -0.05) is 6.08 Å². The second kappa shape index (κ2) is 9.59. The smallest absolute Gasteiger partial charge is 0.213 e. The van der Waals surface area contributed by atoms with Crippen LogP contribution in [-0.4, -0.2) is 31.1 Å². The maximum absolute atomic E-state index is 5.67. The molecule has 21 heavy (non-hydrogen) atoms. The van der Waals surface area contributed by atoms with E-state index in [1.807, 2.05) is 12.1 Å². The summed E-state index contributed by atoms with van der Waals surface area (Å²) < 4.78 is 5.67. The number of halogens is 1. The van der Waals surface area contributed by atoms with Crippen LogP contribution >= 0.6 is 24.0 Å². The molecule has 1 saturated carbocycles. The van der Waals surface area contributed by atoms with Gasteiger partial charge in [-0.05, 0) is 30.4 Å². The van der Waals surface area contributed by atoms with E-state index in [0.29, 0.717) is 19.0 Å². The average molecular weight is 402 g/mol. The van der Waals surface area contributed by atoms with E-state index in [1.54, 1.807) is 19.3 Å². The van der Waals surface area contributed by atoms with E-state index < -0.39 is 0 Å². The fourth-order valence-corrected chi connectivity index (χ4v) is 1.70. The molecule has 1 aromatic heterocycles. The summed E-state index contributed by atoms with van der Waals surface area (Å²) >= 11 is 0. The first-order valence-electron chi connectivity index (χ1n) is 6.95. The summed E-state index contributed by atoms with van der Waals surface area (Å²) in [6.07, 6.45) is 6.14. The van der Waals surface area contributed by atoms with Gasteiger partial charge in [-0.3, -0.25) is 4.99 Å². The molecule has 116 valence electrons. The Bertz CT molecular complexity index is 474. The number of ether oxygens (including phenoxy) is 1. The quantitative estimate of drug-likeness (QED) is 0.318. The number of guanidine groups is 1. The van der Waals surface area contributed by atoms with Gasteiger partial charge in [0.15, 0.2) is 5.96 Å². The summed E-state index contributed by atoms with van der Waals surface area (Å²) in [7, 11) is 1.75. The predicted molar refractivity (Wildman–Crippen MR) is 96.3 cm³/mol. The highest BCUT2D eigenvalue weighted by atomic mass is 127. The van der Waals surface area contributed by atoms with E-state index in [2.05, 4.69) is 27.2 Å². The van der Waals surface area contributed by atoms with Gasteiger partial charge >= 0.3 is 0 Å². The van der Waals surface area contributed by atoms with Gasteiger partial charge in [-0.25, -0.2) is 4.98 Å². The van der Waals surface area contributed by atoms with Crippen molar-refractivity contribution in [3.8, 4) is 5.88 Å². The molecule has 0 radical (unpaired) electrons. The number of aliphatic imine (C=N–C) groups is 1. The van der Waals surface area contributed by atoms with Crippen molar-refractivity contribution in [1.82, 2.24) is 15.6 Å². The molecule has 2 N–H and O–H groups in total. The van der Waals surface area contributed by atoms with E-state index in [9.17, 15) is 0 Å². The number of rotatable bonds is 7. The van der Waals surface area contributed by atoms with Gasteiger partial charge in [0, 0.05) is 32.4 Å². The van der Waals surface area contributed by atoms with Gasteiger partial charge in [-0.15, -0.1) is 30.6 Å². The molecule has 0 aliphatic heterocycles. The molecule has 0 amide bonds. The minimum Gasteiger partial charge on any atom is -0.477 e. The Labute approximate surface area is 143 Å². The van der Waals surface area contributed by atoms with E-state index in [-0.39, 0.29) is 24.0 Å². The molecule has 2 rings (SSSR count). The highest BCUT2D eigenvalue weighted by molar-refractivity contribution is 14.0. The van der Waals surface area contributed by atoms with E-state index in [4.69, 9.17) is 4.74 Å². The predicted octanol–water partition coefficient (Wildman–Crippen LogP) is 2.34. The minimum absolute atomic E-state index is 0. The van der Waals surface area contributed by atoms with Crippen LogP contribution in [-0.2, 0) is 6.54 Å². The second-order valence-electron chi connectivity index (χ2n) is 4.85. The lowest BCUT2D eigenvalue weighted by Crippen LogP contribution is -2.36. The second-order valence-corrected chi connectivity index (χ2v) is 4.85. The molecule has 0 bridgehead atoms. The first-order chi connectivity index (χ1) is 9.81. The van der Waals surface area contributed by atoms with Crippen molar-refractivity contribution in [3.63, 3.8) is 0 Å². The largest absolute Gasteiger partial charge is 0.477 e. The summed E-state index contributed by atoms with van der Waals surface area (Å²) in [4.78, 5) is 8.36. The van der Waals surface area contributed by atoms with Crippen molar-refractivity contribution < 1.29 is 4.74 Å². The fraction of sp³-hybridized carbons (Fsp3) is 0.467. The van der Waals surface area contributed by atoms with Gasteiger partial charge < -0.3 is 15.4 Å². The summed E-state index contributed by atoms with van der Waals surface area (Å²) in [5, 5.41) is 6.36. The molecule has 1 aromatic rings. The number of nitrogens with one attached hydrogen (secondary N) is 2. The first-order valence-corrected chi connectivity index (χ1v) is 6.95. The molecule has 1 heterocycles. The van der Waals surface area contributed by atoms with Crippen molar-refractivity contribution in [3.05, 3.63) is 36.5 Å². The van der Waals surface area contributed by atoms with Crippen LogP contribution in [0.4, 0.5) is 0 Å². The van der Waals surface area contributed by atoms with Crippen LogP contribution in [0, 0.1) is 5.92 Å². The monoisotopic (exact) mass is 402 g/mol. The van der Waals surface area contributed by atoms with Crippen LogP contribution in [0.25, 0.3) is 0 Å². The van der Waals surface area contributed by atoms with Gasteiger partial charge in [0.2, 0.25) is 5.88 Å². The summed E-state index contributed by atoms with van der Waals surface area (Å²) in [5.41, 5.74) is 1.12. The third-order valence-corrected chi connectivity index (χ3v) is 3.06. The van der Waals surface area contributed by atoms with Crippen LogP contribution in [0.1, 0.15) is 18.4 Å². The summed E-state index contributed by atoms with van der Waals surface area (Å²) in [6, 6.07) is 3.94. The molecule has 0 saturated heterocycles. The molecule has 1 fully saturated rings. The number of pyridine rings is 1. The lowest BCUT2D eigenvalue weighted by Gasteiger charge is -2.11. The highest BCUT2D eigenvalue weighted by Gasteiger charge is 2.22. The van der Waals surface area contributed by atoms with Crippen molar-refractivity contribution in [1.29, 1.82) is 0 Å². The molecular formula is C15H23IN4O. The molecule has 1 aliphatic carbocycles. The number of hydrogen-bond acceptors (Lipinski definition) is 3. The zero-order chi connectivity index (χ0) is 14.2. The Morgan fingerprint density at radius 2 is 2.33 bits per heavy atom. The number of hydrogen-bond donors (Lipinski definition) is 2. The maximum atomic E-state index is 5.67. The van der Waals surface area contributed by atoms with Gasteiger partial charge in [-0.2, -0.15) is 0 Å². The van der Waals surface area contributed by atoms with Crippen LogP contribution in [0.3, 0.4) is 0 Å². The number of aromatic nitrogens is 1. The van der Waals surface area contributed by atoms with Crippen LogP contribution in [0.15, 0.2) is 36.0 Å². The molecule has 6 heteroatoms. The zero-order valence-electron chi connectivity index (χ0n) is 12.3. The van der Waals surface area contributed by atoms with Crippen molar-refractivity contribution >= 4 is 29.9 Å². The van der Waals surface area contributed by atoms with Gasteiger partial charge in [0.25, 0.3) is 0 Å². The van der Waals surface area contributed by atoms with E-state index >= 15 is 0 Å². The first kappa shape index (κ1) is 17.7. The SMILES string of the molecule is C=CCNC(=NC)NCc1ccnc(OCC2CC2)c1.I. The maximum Gasteiger partial charge on any atom is 0.213 e. The number of nitrogens with zero attached hydrogens (tertiary/aromatic N) is 2. The molecule has 0 atom stereocenters. The van der Waals surface area contributed by atoms with E-state index in [0.717, 1.165) is 24.0 Å². The van der Waals surface area contributed by atoms with Crippen LogP contribution in [0.2, 0.25) is 0 Å². The molecule has 0 unspecified atom stereocenters. The summed E-state index contributed by atoms with van der Waals surface area (Å²) in [5.74, 6) is 2.19. The van der Waals surface area contributed by atoms with Gasteiger partial charge in [0.05, 0.1) is 6.61 Å². The van der Waals surface area contributed by atoms with Crippen LogP contribution in [0.5, 0.6) is 5.88 Å². The average Bonchev–Trinajstić information content (AvgIpc) is 3.30. The lowest BCUT2D eigenvalue weighted by molar-refractivity contribution is 0.288. The summed E-state index contributed by atoms with van der Waals surface area (Å²) in [6.45, 7) is 5.82. The fourth-order valence-electron chi connectivity index (χ4n) is 1.70. The minimum atomic E-state index is 0. The lowest BCUT2D eigenvalue weighted by atomic mass is 10.2. The Morgan fingerprint density at radius 1 is 1.52 bits per heavy atom. The third-order valence-electron chi connectivity index (χ3n) is 3.06. The Hall–Kier alpha value is -1.31. The third kappa shape index (κ3) is 6.79. The topological polar surface area (TPSA) is 58.5 Å². The van der Waals surface area contributed by atoms with Crippen molar-refractivity contribution in [2.45, 2.75) is 19.4 Å². The molecular weight excluding hydrogens is 379 g/mol. The zero-order valence-corrected chi connectivity index (χ0v) is 14.7. The van der Waals surface area contributed by atoms with Crippen molar-refractivity contribution in [2.24, 2.45) is 10.9 Å².